The van der Waals surface area contributed by atoms with Crippen LogP contribution in [0.2, 0.25) is 0 Å². The molecule has 3 nitrogen and oxygen atoms in total. The lowest BCUT2D eigenvalue weighted by molar-refractivity contribution is -0.132. The third kappa shape index (κ3) is 4.03. The van der Waals surface area contributed by atoms with Crippen LogP contribution in [0, 0.1) is 5.82 Å². The van der Waals surface area contributed by atoms with Crippen molar-refractivity contribution in [2.75, 3.05) is 13.1 Å². The zero-order valence-electron chi connectivity index (χ0n) is 11.1. The molecular formula is C15H21FN2O. The van der Waals surface area contributed by atoms with Gasteiger partial charge in [-0.05, 0) is 37.3 Å². The fourth-order valence-corrected chi connectivity index (χ4v) is 2.52. The molecule has 1 fully saturated rings. The summed E-state index contributed by atoms with van der Waals surface area (Å²) in [6.45, 7) is 1.68. The minimum atomic E-state index is -0.314. The molecule has 0 aliphatic carbocycles. The molecule has 0 saturated carbocycles. The van der Waals surface area contributed by atoms with Gasteiger partial charge < -0.3 is 10.6 Å². The van der Waals surface area contributed by atoms with E-state index in [-0.39, 0.29) is 17.8 Å². The number of benzene rings is 1. The third-order valence-corrected chi connectivity index (χ3v) is 3.59. The molecular weight excluding hydrogens is 243 g/mol. The Labute approximate surface area is 113 Å². The molecule has 1 amide bonds. The first-order valence-electron chi connectivity index (χ1n) is 6.93. The predicted molar refractivity (Wildman–Crippen MR) is 73.1 cm³/mol. The quantitative estimate of drug-likeness (QED) is 0.905. The number of carbonyl (C=O) groups is 1. The number of likely N-dealkylation sites (tertiary alicyclic amines) is 1. The average molecular weight is 264 g/mol. The number of piperidine rings is 1. The number of halogens is 1. The minimum absolute atomic E-state index is 0.100. The highest BCUT2D eigenvalue weighted by Crippen LogP contribution is 2.13. The van der Waals surface area contributed by atoms with Gasteiger partial charge in [-0.2, -0.15) is 0 Å². The van der Waals surface area contributed by atoms with E-state index in [2.05, 4.69) is 0 Å². The monoisotopic (exact) mass is 264 g/mol. The summed E-state index contributed by atoms with van der Waals surface area (Å²) in [5.74, 6) is -0.146. The Hall–Kier alpha value is -1.42. The molecule has 1 saturated heterocycles. The molecule has 1 aromatic carbocycles. The van der Waals surface area contributed by atoms with Gasteiger partial charge in [0.2, 0.25) is 5.91 Å². The Kier molecular flexibility index (Phi) is 4.91. The number of hydrogen-bond donors (Lipinski definition) is 1. The number of amides is 1. The van der Waals surface area contributed by atoms with Crippen molar-refractivity contribution in [1.29, 1.82) is 0 Å². The maximum absolute atomic E-state index is 13.5. The van der Waals surface area contributed by atoms with Gasteiger partial charge in [0, 0.05) is 25.6 Å². The summed E-state index contributed by atoms with van der Waals surface area (Å²) in [5, 5.41) is 0. The van der Waals surface area contributed by atoms with Crippen LogP contribution in [0.1, 0.15) is 31.2 Å². The summed E-state index contributed by atoms with van der Waals surface area (Å²) in [6.07, 6.45) is 4.06. The fourth-order valence-electron chi connectivity index (χ4n) is 2.52. The summed E-state index contributed by atoms with van der Waals surface area (Å²) in [7, 11) is 0. The molecule has 0 bridgehead atoms. The van der Waals surface area contributed by atoms with E-state index in [4.69, 9.17) is 5.73 Å². The standard InChI is InChI=1S/C15H21FN2O/c16-14-7-3-2-6-12(14)10-13(17)11-15(19)18-8-4-1-5-9-18/h2-3,6-7,13H,1,4-5,8-11,17H2. The van der Waals surface area contributed by atoms with Crippen LogP contribution >= 0.6 is 0 Å². The van der Waals surface area contributed by atoms with Gasteiger partial charge in [-0.25, -0.2) is 4.39 Å². The average Bonchev–Trinajstić information content (AvgIpc) is 2.42. The molecule has 0 radical (unpaired) electrons. The topological polar surface area (TPSA) is 46.3 Å². The molecule has 1 atom stereocenters. The van der Waals surface area contributed by atoms with E-state index in [0.29, 0.717) is 18.4 Å². The lowest BCUT2D eigenvalue weighted by atomic mass is 10.0. The molecule has 0 aromatic heterocycles. The van der Waals surface area contributed by atoms with Gasteiger partial charge in [-0.3, -0.25) is 4.79 Å². The summed E-state index contributed by atoms with van der Waals surface area (Å²) in [4.78, 5) is 13.9. The maximum Gasteiger partial charge on any atom is 0.224 e. The Bertz CT molecular complexity index is 430. The van der Waals surface area contributed by atoms with Gasteiger partial charge in [0.1, 0.15) is 5.82 Å². The SMILES string of the molecule is NC(CC(=O)N1CCCCC1)Cc1ccccc1F. The van der Waals surface area contributed by atoms with Crippen molar-refractivity contribution in [3.63, 3.8) is 0 Å². The van der Waals surface area contributed by atoms with Crippen LogP contribution in [-0.4, -0.2) is 29.9 Å². The number of rotatable bonds is 4. The summed E-state index contributed by atoms with van der Waals surface area (Å²) in [6, 6.07) is 6.28. The molecule has 0 spiro atoms. The van der Waals surface area contributed by atoms with Crippen LogP contribution in [0.3, 0.4) is 0 Å². The van der Waals surface area contributed by atoms with E-state index < -0.39 is 0 Å². The van der Waals surface area contributed by atoms with Crippen LogP contribution in [0.25, 0.3) is 0 Å². The molecule has 1 unspecified atom stereocenters. The first-order chi connectivity index (χ1) is 9.16. The van der Waals surface area contributed by atoms with Gasteiger partial charge in [0.15, 0.2) is 0 Å². The normalized spacial score (nSPS) is 17.3. The summed E-state index contributed by atoms with van der Waals surface area (Å²) in [5.41, 5.74) is 6.55. The largest absolute Gasteiger partial charge is 0.343 e. The highest BCUT2D eigenvalue weighted by Gasteiger charge is 2.19. The molecule has 1 aromatic rings. The van der Waals surface area contributed by atoms with Crippen LogP contribution in [0.5, 0.6) is 0 Å². The Morgan fingerprint density at radius 3 is 2.63 bits per heavy atom. The highest BCUT2D eigenvalue weighted by atomic mass is 19.1. The highest BCUT2D eigenvalue weighted by molar-refractivity contribution is 5.76. The van der Waals surface area contributed by atoms with Gasteiger partial charge in [0.05, 0.1) is 0 Å². The molecule has 1 heterocycles. The second-order valence-electron chi connectivity index (χ2n) is 5.20. The number of nitrogens with two attached hydrogens (primary N) is 1. The first kappa shape index (κ1) is 14.0. The molecule has 2 rings (SSSR count). The lowest BCUT2D eigenvalue weighted by Crippen LogP contribution is -2.39. The van der Waals surface area contributed by atoms with Crippen molar-refractivity contribution in [2.45, 2.75) is 38.1 Å². The second kappa shape index (κ2) is 6.66. The van der Waals surface area contributed by atoms with E-state index in [1.54, 1.807) is 18.2 Å². The summed E-state index contributed by atoms with van der Waals surface area (Å²) < 4.78 is 13.5. The van der Waals surface area contributed by atoms with Gasteiger partial charge >= 0.3 is 0 Å². The predicted octanol–water partition coefficient (Wildman–Crippen LogP) is 2.10. The van der Waals surface area contributed by atoms with Crippen LogP contribution in [0.15, 0.2) is 24.3 Å². The number of hydrogen-bond acceptors (Lipinski definition) is 2. The van der Waals surface area contributed by atoms with Crippen molar-refractivity contribution in [3.8, 4) is 0 Å². The Morgan fingerprint density at radius 2 is 1.95 bits per heavy atom. The van der Waals surface area contributed by atoms with Gasteiger partial charge in [0.25, 0.3) is 0 Å². The molecule has 104 valence electrons. The number of nitrogens with zero attached hydrogens (tertiary/aromatic N) is 1. The van der Waals surface area contributed by atoms with Crippen molar-refractivity contribution in [1.82, 2.24) is 4.90 Å². The van der Waals surface area contributed by atoms with E-state index >= 15 is 0 Å². The lowest BCUT2D eigenvalue weighted by Gasteiger charge is -2.27. The Morgan fingerprint density at radius 1 is 1.26 bits per heavy atom. The van der Waals surface area contributed by atoms with Crippen LogP contribution < -0.4 is 5.73 Å². The smallest absolute Gasteiger partial charge is 0.224 e. The number of carbonyl (C=O) groups excluding carboxylic acids is 1. The van der Waals surface area contributed by atoms with E-state index in [9.17, 15) is 9.18 Å². The van der Waals surface area contributed by atoms with Crippen LogP contribution in [0.4, 0.5) is 4.39 Å². The molecule has 19 heavy (non-hydrogen) atoms. The molecule has 4 heteroatoms. The Balaban J connectivity index is 1.85. The maximum atomic E-state index is 13.5. The minimum Gasteiger partial charge on any atom is -0.343 e. The zero-order chi connectivity index (χ0) is 13.7. The van der Waals surface area contributed by atoms with Crippen molar-refractivity contribution in [2.24, 2.45) is 5.73 Å². The molecule has 2 N–H and O–H groups in total. The van der Waals surface area contributed by atoms with Crippen molar-refractivity contribution >= 4 is 5.91 Å². The fraction of sp³-hybridized carbons (Fsp3) is 0.533. The van der Waals surface area contributed by atoms with E-state index in [1.807, 2.05) is 4.90 Å². The van der Waals surface area contributed by atoms with Gasteiger partial charge in [-0.1, -0.05) is 18.2 Å². The van der Waals surface area contributed by atoms with E-state index in [0.717, 1.165) is 25.9 Å². The molecule has 1 aliphatic heterocycles. The second-order valence-corrected chi connectivity index (χ2v) is 5.20. The molecule has 1 aliphatic rings. The van der Waals surface area contributed by atoms with Crippen molar-refractivity contribution in [3.05, 3.63) is 35.6 Å². The summed E-state index contributed by atoms with van der Waals surface area (Å²) >= 11 is 0. The van der Waals surface area contributed by atoms with E-state index in [1.165, 1.54) is 12.5 Å². The van der Waals surface area contributed by atoms with Gasteiger partial charge in [-0.15, -0.1) is 0 Å². The van der Waals surface area contributed by atoms with Crippen LogP contribution in [-0.2, 0) is 11.2 Å². The first-order valence-corrected chi connectivity index (χ1v) is 6.93. The third-order valence-electron chi connectivity index (χ3n) is 3.59. The van der Waals surface area contributed by atoms with Crippen molar-refractivity contribution < 1.29 is 9.18 Å². The zero-order valence-corrected chi connectivity index (χ0v) is 11.1.